The number of benzene rings is 1. The fourth-order valence-corrected chi connectivity index (χ4v) is 2.75. The van der Waals surface area contributed by atoms with Crippen LogP contribution in [0.4, 0.5) is 8.78 Å². The van der Waals surface area contributed by atoms with Gasteiger partial charge in [0.05, 0.1) is 0 Å². The summed E-state index contributed by atoms with van der Waals surface area (Å²) in [6, 6.07) is 4.49. The van der Waals surface area contributed by atoms with E-state index in [1.807, 2.05) is 0 Å². The van der Waals surface area contributed by atoms with Gasteiger partial charge in [-0.05, 0) is 49.1 Å². The van der Waals surface area contributed by atoms with Crippen LogP contribution in [0.3, 0.4) is 0 Å². The van der Waals surface area contributed by atoms with Crippen molar-refractivity contribution in [2.24, 2.45) is 17.6 Å². The quantitative estimate of drug-likeness (QED) is 0.842. The monoisotopic (exact) mass is 239 g/mol. The lowest BCUT2D eigenvalue weighted by molar-refractivity contribution is 0.243. The number of halogens is 2. The van der Waals surface area contributed by atoms with Crippen molar-refractivity contribution in [2.45, 2.75) is 38.6 Å². The summed E-state index contributed by atoms with van der Waals surface area (Å²) in [5.74, 6) is -0.565. The maximum Gasteiger partial charge on any atom is 0.162 e. The first-order valence-electron chi connectivity index (χ1n) is 6.26. The lowest BCUT2D eigenvalue weighted by Crippen LogP contribution is -2.36. The molecule has 1 aliphatic carbocycles. The second-order valence-electron chi connectivity index (χ2n) is 5.26. The molecule has 17 heavy (non-hydrogen) atoms. The molecule has 3 atom stereocenters. The molecule has 0 spiro atoms. The summed E-state index contributed by atoms with van der Waals surface area (Å²) in [6.45, 7) is 2.20. The molecule has 3 heteroatoms. The summed E-state index contributed by atoms with van der Waals surface area (Å²) < 4.78 is 26.7. The van der Waals surface area contributed by atoms with Crippen LogP contribution >= 0.6 is 0 Å². The summed E-state index contributed by atoms with van der Waals surface area (Å²) >= 11 is 0. The van der Waals surface area contributed by atoms with Gasteiger partial charge >= 0.3 is 0 Å². The van der Waals surface area contributed by atoms with E-state index in [1.54, 1.807) is 12.1 Å². The van der Waals surface area contributed by atoms with E-state index >= 15 is 0 Å². The topological polar surface area (TPSA) is 26.0 Å². The maximum absolute atomic E-state index is 13.6. The first-order chi connectivity index (χ1) is 8.08. The minimum Gasteiger partial charge on any atom is -0.327 e. The Kier molecular flexibility index (Phi) is 3.77. The van der Waals surface area contributed by atoms with Crippen molar-refractivity contribution in [3.05, 3.63) is 35.4 Å². The Hall–Kier alpha value is -0.960. The molecule has 3 unspecified atom stereocenters. The molecular weight excluding hydrogens is 220 g/mol. The smallest absolute Gasteiger partial charge is 0.162 e. The predicted molar refractivity (Wildman–Crippen MR) is 64.5 cm³/mol. The minimum atomic E-state index is -0.764. The van der Waals surface area contributed by atoms with Gasteiger partial charge in [0.15, 0.2) is 11.6 Å². The number of nitrogens with two attached hydrogens (primary N) is 1. The normalized spacial score (nSPS) is 29.3. The average molecular weight is 239 g/mol. The van der Waals surface area contributed by atoms with E-state index in [0.29, 0.717) is 17.9 Å². The van der Waals surface area contributed by atoms with Crippen molar-refractivity contribution in [1.82, 2.24) is 0 Å². The van der Waals surface area contributed by atoms with Crippen molar-refractivity contribution in [3.8, 4) is 0 Å². The molecule has 0 saturated heterocycles. The Balaban J connectivity index is 2.11. The van der Waals surface area contributed by atoms with Crippen molar-refractivity contribution >= 4 is 0 Å². The van der Waals surface area contributed by atoms with E-state index in [9.17, 15) is 8.78 Å². The molecule has 0 amide bonds. The van der Waals surface area contributed by atoms with Gasteiger partial charge in [-0.1, -0.05) is 19.1 Å². The molecule has 0 heterocycles. The molecule has 94 valence electrons. The van der Waals surface area contributed by atoms with Gasteiger partial charge in [0.25, 0.3) is 0 Å². The highest BCUT2D eigenvalue weighted by Gasteiger charge is 2.27. The SMILES string of the molecule is CC1CCC(N)C(Cc2cccc(F)c2F)C1. The third kappa shape index (κ3) is 2.83. The van der Waals surface area contributed by atoms with E-state index in [4.69, 9.17) is 5.73 Å². The molecule has 1 saturated carbocycles. The summed E-state index contributed by atoms with van der Waals surface area (Å²) in [5.41, 5.74) is 6.52. The van der Waals surface area contributed by atoms with Crippen LogP contribution in [0.1, 0.15) is 31.7 Å². The van der Waals surface area contributed by atoms with E-state index < -0.39 is 11.6 Å². The van der Waals surface area contributed by atoms with Gasteiger partial charge in [-0.3, -0.25) is 0 Å². The minimum absolute atomic E-state index is 0.119. The highest BCUT2D eigenvalue weighted by atomic mass is 19.2. The van der Waals surface area contributed by atoms with Crippen LogP contribution in [0.5, 0.6) is 0 Å². The van der Waals surface area contributed by atoms with Crippen LogP contribution in [0.25, 0.3) is 0 Å². The van der Waals surface area contributed by atoms with Crippen LogP contribution in [-0.2, 0) is 6.42 Å². The molecule has 2 rings (SSSR count). The van der Waals surface area contributed by atoms with E-state index in [-0.39, 0.29) is 12.0 Å². The Morgan fingerprint density at radius 3 is 2.82 bits per heavy atom. The standard InChI is InChI=1S/C14H19F2N/c1-9-5-6-13(17)11(7-9)8-10-3-2-4-12(15)14(10)16/h2-4,9,11,13H,5-8,17H2,1H3. The van der Waals surface area contributed by atoms with Gasteiger partial charge in [-0.15, -0.1) is 0 Å². The molecule has 1 aromatic rings. The molecule has 1 nitrogen and oxygen atoms in total. The Morgan fingerprint density at radius 1 is 1.29 bits per heavy atom. The van der Waals surface area contributed by atoms with Crippen molar-refractivity contribution in [1.29, 1.82) is 0 Å². The van der Waals surface area contributed by atoms with Gasteiger partial charge in [0, 0.05) is 6.04 Å². The lowest BCUT2D eigenvalue weighted by atomic mass is 9.76. The molecule has 1 aromatic carbocycles. The average Bonchev–Trinajstić information content (AvgIpc) is 2.30. The maximum atomic E-state index is 13.6. The van der Waals surface area contributed by atoms with Crippen LogP contribution in [-0.4, -0.2) is 6.04 Å². The van der Waals surface area contributed by atoms with Gasteiger partial charge in [-0.2, -0.15) is 0 Å². The lowest BCUT2D eigenvalue weighted by Gasteiger charge is -2.32. The number of hydrogen-bond acceptors (Lipinski definition) is 1. The Morgan fingerprint density at radius 2 is 2.06 bits per heavy atom. The molecule has 0 aromatic heterocycles. The van der Waals surface area contributed by atoms with Crippen molar-refractivity contribution in [3.63, 3.8) is 0 Å². The second-order valence-corrected chi connectivity index (χ2v) is 5.26. The number of hydrogen-bond donors (Lipinski definition) is 1. The predicted octanol–water partition coefficient (Wildman–Crippen LogP) is 3.27. The second kappa shape index (κ2) is 5.13. The third-order valence-electron chi connectivity index (χ3n) is 3.82. The molecule has 0 bridgehead atoms. The summed E-state index contributed by atoms with van der Waals surface area (Å²) in [7, 11) is 0. The van der Waals surface area contributed by atoms with Gasteiger partial charge < -0.3 is 5.73 Å². The van der Waals surface area contributed by atoms with Crippen LogP contribution in [0.15, 0.2) is 18.2 Å². The van der Waals surface area contributed by atoms with Crippen LogP contribution in [0, 0.1) is 23.5 Å². The van der Waals surface area contributed by atoms with Crippen LogP contribution in [0.2, 0.25) is 0 Å². The highest BCUT2D eigenvalue weighted by molar-refractivity contribution is 5.20. The molecule has 1 aliphatic rings. The molecule has 0 radical (unpaired) electrons. The third-order valence-corrected chi connectivity index (χ3v) is 3.82. The van der Waals surface area contributed by atoms with Gasteiger partial charge in [0.1, 0.15) is 0 Å². The Labute approximate surface area is 101 Å². The molecular formula is C14H19F2N. The zero-order valence-corrected chi connectivity index (χ0v) is 10.1. The zero-order valence-electron chi connectivity index (χ0n) is 10.1. The first kappa shape index (κ1) is 12.5. The van der Waals surface area contributed by atoms with Crippen molar-refractivity contribution in [2.75, 3.05) is 0 Å². The number of rotatable bonds is 2. The first-order valence-corrected chi connectivity index (χ1v) is 6.26. The van der Waals surface area contributed by atoms with E-state index in [0.717, 1.165) is 25.3 Å². The highest BCUT2D eigenvalue weighted by Crippen LogP contribution is 2.31. The zero-order chi connectivity index (χ0) is 12.4. The molecule has 1 fully saturated rings. The summed E-state index contributed by atoms with van der Waals surface area (Å²) in [4.78, 5) is 0. The van der Waals surface area contributed by atoms with Crippen LogP contribution < -0.4 is 5.73 Å². The van der Waals surface area contributed by atoms with Gasteiger partial charge in [-0.25, -0.2) is 8.78 Å². The fourth-order valence-electron chi connectivity index (χ4n) is 2.75. The van der Waals surface area contributed by atoms with Gasteiger partial charge in [0.2, 0.25) is 0 Å². The largest absolute Gasteiger partial charge is 0.327 e. The summed E-state index contributed by atoms with van der Waals surface area (Å²) in [6.07, 6.45) is 3.69. The molecule has 2 N–H and O–H groups in total. The molecule has 0 aliphatic heterocycles. The van der Waals surface area contributed by atoms with E-state index in [1.165, 1.54) is 0 Å². The fraction of sp³-hybridized carbons (Fsp3) is 0.571. The Bertz CT molecular complexity index is 392. The summed E-state index contributed by atoms with van der Waals surface area (Å²) in [5, 5.41) is 0. The van der Waals surface area contributed by atoms with Crippen molar-refractivity contribution < 1.29 is 8.78 Å². The van der Waals surface area contributed by atoms with E-state index in [2.05, 4.69) is 6.92 Å².